The number of nitrogens with one attached hydrogen (secondary N) is 1. The monoisotopic (exact) mass is 418 g/mol. The number of anilines is 2. The summed E-state index contributed by atoms with van der Waals surface area (Å²) in [7, 11) is 0. The molecule has 0 saturated heterocycles. The summed E-state index contributed by atoms with van der Waals surface area (Å²) in [5.74, 6) is 1.04. The molecular formula is C25H30N4O2. The van der Waals surface area contributed by atoms with E-state index in [0.29, 0.717) is 5.92 Å². The molecule has 1 aromatic heterocycles. The fourth-order valence-corrected chi connectivity index (χ4v) is 4.68. The first-order chi connectivity index (χ1) is 14.8. The lowest BCUT2D eigenvalue weighted by Crippen LogP contribution is -2.20. The van der Waals surface area contributed by atoms with Gasteiger partial charge in [0, 0.05) is 11.1 Å². The molecule has 1 atom stereocenters. The molecular weight excluding hydrogens is 388 g/mol. The number of aromatic nitrogens is 2. The van der Waals surface area contributed by atoms with Crippen LogP contribution in [0.4, 0.5) is 11.5 Å². The molecule has 3 aromatic rings. The number of aryl methyl sites for hydroxylation is 2. The van der Waals surface area contributed by atoms with E-state index in [-0.39, 0.29) is 12.0 Å². The van der Waals surface area contributed by atoms with Crippen LogP contribution in [0, 0.1) is 19.8 Å². The highest BCUT2D eigenvalue weighted by Crippen LogP contribution is 2.37. The van der Waals surface area contributed by atoms with Gasteiger partial charge >= 0.3 is 5.97 Å². The predicted molar refractivity (Wildman–Crippen MR) is 124 cm³/mol. The summed E-state index contributed by atoms with van der Waals surface area (Å²) in [6, 6.07) is 12.5. The smallest absolute Gasteiger partial charge is 0.306 e. The van der Waals surface area contributed by atoms with Crippen molar-refractivity contribution < 1.29 is 9.90 Å². The second-order valence-electron chi connectivity index (χ2n) is 8.83. The van der Waals surface area contributed by atoms with Crippen LogP contribution >= 0.6 is 0 Å². The maximum atomic E-state index is 11.3. The second-order valence-corrected chi connectivity index (χ2v) is 8.83. The predicted octanol–water partition coefficient (Wildman–Crippen LogP) is 5.36. The fourth-order valence-electron chi connectivity index (χ4n) is 4.68. The van der Waals surface area contributed by atoms with Gasteiger partial charge in [0.05, 0.1) is 17.5 Å². The molecule has 4 N–H and O–H groups in total. The fraction of sp³-hybridized carbons (Fsp3) is 0.400. The van der Waals surface area contributed by atoms with E-state index in [2.05, 4.69) is 41.5 Å². The minimum Gasteiger partial charge on any atom is -0.481 e. The highest BCUT2D eigenvalue weighted by Gasteiger charge is 2.27. The van der Waals surface area contributed by atoms with Crippen LogP contribution in [0.25, 0.3) is 10.9 Å². The largest absolute Gasteiger partial charge is 0.481 e. The Labute approximate surface area is 182 Å². The van der Waals surface area contributed by atoms with Gasteiger partial charge in [0.1, 0.15) is 11.6 Å². The molecule has 1 saturated carbocycles. The molecule has 6 heteroatoms. The van der Waals surface area contributed by atoms with Crippen molar-refractivity contribution in [2.24, 2.45) is 5.92 Å². The molecule has 4 rings (SSSR count). The number of nitrogen functional groups attached to an aromatic ring is 1. The van der Waals surface area contributed by atoms with Crippen molar-refractivity contribution in [2.75, 3.05) is 11.1 Å². The third-order valence-corrected chi connectivity index (χ3v) is 6.35. The number of carbonyl (C=O) groups is 1. The quantitative estimate of drug-likeness (QED) is 0.482. The molecule has 0 amide bonds. The van der Waals surface area contributed by atoms with Crippen molar-refractivity contribution >= 4 is 28.4 Å². The van der Waals surface area contributed by atoms with Gasteiger partial charge in [-0.05, 0) is 93.3 Å². The van der Waals surface area contributed by atoms with Gasteiger partial charge in [0.25, 0.3) is 0 Å². The third kappa shape index (κ3) is 4.63. The minimum atomic E-state index is -0.668. The molecule has 1 heterocycles. The van der Waals surface area contributed by atoms with Crippen molar-refractivity contribution in [1.29, 1.82) is 0 Å². The average Bonchev–Trinajstić information content (AvgIpc) is 2.72. The summed E-state index contributed by atoms with van der Waals surface area (Å²) in [5.41, 5.74) is 11.2. The number of hydrogen-bond donors (Lipinski definition) is 3. The van der Waals surface area contributed by atoms with Crippen LogP contribution in [-0.4, -0.2) is 21.0 Å². The number of carboxylic acids is 1. The molecule has 0 spiro atoms. The first-order valence-corrected chi connectivity index (χ1v) is 10.9. The average molecular weight is 419 g/mol. The van der Waals surface area contributed by atoms with E-state index in [1.54, 1.807) is 0 Å². The van der Waals surface area contributed by atoms with Crippen LogP contribution in [0.1, 0.15) is 67.1 Å². The van der Waals surface area contributed by atoms with Crippen molar-refractivity contribution in [2.45, 2.75) is 58.4 Å². The van der Waals surface area contributed by atoms with Gasteiger partial charge in [-0.3, -0.25) is 4.79 Å². The van der Waals surface area contributed by atoms with Crippen LogP contribution in [0.15, 0.2) is 36.4 Å². The Bertz CT molecular complexity index is 1100. The zero-order valence-corrected chi connectivity index (χ0v) is 18.4. The van der Waals surface area contributed by atoms with Crippen LogP contribution in [-0.2, 0) is 4.79 Å². The summed E-state index contributed by atoms with van der Waals surface area (Å²) < 4.78 is 0. The second kappa shape index (κ2) is 8.53. The third-order valence-electron chi connectivity index (χ3n) is 6.35. The molecule has 1 aliphatic carbocycles. The van der Waals surface area contributed by atoms with E-state index in [1.807, 2.05) is 26.0 Å². The number of rotatable bonds is 5. The van der Waals surface area contributed by atoms with E-state index in [1.165, 1.54) is 5.56 Å². The molecule has 31 heavy (non-hydrogen) atoms. The Hall–Kier alpha value is -3.15. The highest BCUT2D eigenvalue weighted by atomic mass is 16.4. The number of nitrogens with two attached hydrogens (primary N) is 1. The summed E-state index contributed by atoms with van der Waals surface area (Å²) in [5, 5.41) is 13.8. The molecule has 162 valence electrons. The first-order valence-electron chi connectivity index (χ1n) is 10.9. The molecule has 0 aliphatic heterocycles. The number of aliphatic carboxylic acids is 1. The van der Waals surface area contributed by atoms with Crippen molar-refractivity contribution in [3.8, 4) is 0 Å². The minimum absolute atomic E-state index is 0.0364. The van der Waals surface area contributed by atoms with Crippen LogP contribution in [0.3, 0.4) is 0 Å². The molecule has 0 radical (unpaired) electrons. The lowest BCUT2D eigenvalue weighted by Gasteiger charge is -2.26. The van der Waals surface area contributed by atoms with E-state index >= 15 is 0 Å². The maximum Gasteiger partial charge on any atom is 0.306 e. The summed E-state index contributed by atoms with van der Waals surface area (Å²) in [4.78, 5) is 20.6. The normalized spacial score (nSPS) is 19.8. The van der Waals surface area contributed by atoms with Crippen molar-refractivity contribution in [3.63, 3.8) is 0 Å². The van der Waals surface area contributed by atoms with Gasteiger partial charge in [-0.15, -0.1) is 0 Å². The number of nitrogens with zero attached hydrogens (tertiary/aromatic N) is 2. The Morgan fingerprint density at radius 3 is 2.52 bits per heavy atom. The number of fused-ring (bicyclic) bond motifs is 1. The standard InChI is InChI=1S/C25H30N4O2/c1-14-10-20(12-21(26)11-14)15(2)27-24-22-13-19(8-9-23(22)28-16(3)29-24)17-4-6-18(7-5-17)25(30)31/h8-13,15,17-18H,4-7,26H2,1-3H3,(H,30,31)(H,27,28,29)/t15-,17?,18?/m1/s1. The van der Waals surface area contributed by atoms with E-state index in [4.69, 9.17) is 10.7 Å². The van der Waals surface area contributed by atoms with E-state index in [9.17, 15) is 9.90 Å². The molecule has 2 aromatic carbocycles. The molecule has 1 aliphatic rings. The number of benzene rings is 2. The summed E-state index contributed by atoms with van der Waals surface area (Å²) in [6.45, 7) is 6.05. The number of hydrogen-bond acceptors (Lipinski definition) is 5. The summed E-state index contributed by atoms with van der Waals surface area (Å²) >= 11 is 0. The Balaban J connectivity index is 1.63. The van der Waals surface area contributed by atoms with Gasteiger partial charge in [0.15, 0.2) is 0 Å². The van der Waals surface area contributed by atoms with Crippen LogP contribution in [0.5, 0.6) is 0 Å². The Morgan fingerprint density at radius 1 is 1.10 bits per heavy atom. The lowest BCUT2D eigenvalue weighted by molar-refractivity contribution is -0.142. The first kappa shape index (κ1) is 21.1. The lowest BCUT2D eigenvalue weighted by atomic mass is 9.78. The zero-order chi connectivity index (χ0) is 22.1. The molecule has 0 bridgehead atoms. The number of carboxylic acid groups (broad SMARTS) is 1. The highest BCUT2D eigenvalue weighted by molar-refractivity contribution is 5.90. The molecule has 6 nitrogen and oxygen atoms in total. The maximum absolute atomic E-state index is 11.3. The topological polar surface area (TPSA) is 101 Å². The molecule has 1 fully saturated rings. The van der Waals surface area contributed by atoms with Crippen molar-refractivity contribution in [3.05, 3.63) is 58.9 Å². The Kier molecular flexibility index (Phi) is 5.81. The van der Waals surface area contributed by atoms with Crippen molar-refractivity contribution in [1.82, 2.24) is 9.97 Å². The van der Waals surface area contributed by atoms with Gasteiger partial charge in [0.2, 0.25) is 0 Å². The Morgan fingerprint density at radius 2 is 1.84 bits per heavy atom. The molecule has 0 unspecified atom stereocenters. The van der Waals surface area contributed by atoms with Gasteiger partial charge in [-0.2, -0.15) is 0 Å². The summed E-state index contributed by atoms with van der Waals surface area (Å²) in [6.07, 6.45) is 3.27. The van der Waals surface area contributed by atoms with Gasteiger partial charge < -0.3 is 16.2 Å². The van der Waals surface area contributed by atoms with Crippen LogP contribution < -0.4 is 11.1 Å². The zero-order valence-electron chi connectivity index (χ0n) is 18.4. The van der Waals surface area contributed by atoms with E-state index < -0.39 is 5.97 Å². The SMILES string of the molecule is Cc1cc(N)cc([C@@H](C)Nc2nc(C)nc3ccc(C4CCC(C(=O)O)CC4)cc23)c1. The van der Waals surface area contributed by atoms with E-state index in [0.717, 1.165) is 65.0 Å². The van der Waals surface area contributed by atoms with Gasteiger partial charge in [-0.1, -0.05) is 12.1 Å². The van der Waals surface area contributed by atoms with Crippen LogP contribution in [0.2, 0.25) is 0 Å². The van der Waals surface area contributed by atoms with Gasteiger partial charge in [-0.25, -0.2) is 9.97 Å².